The number of fused-ring (bicyclic) bond motifs is 1. The number of hydrogen-bond donors (Lipinski definition) is 2. The molecule has 4 rings (SSSR count). The zero-order valence-corrected chi connectivity index (χ0v) is 18.0. The molecule has 2 heterocycles. The topological polar surface area (TPSA) is 81.8 Å². The van der Waals surface area contributed by atoms with Crippen LogP contribution in [0.5, 0.6) is 0 Å². The van der Waals surface area contributed by atoms with Gasteiger partial charge in [0, 0.05) is 31.1 Å². The van der Waals surface area contributed by atoms with Crippen LogP contribution < -0.4 is 10.6 Å². The summed E-state index contributed by atoms with van der Waals surface area (Å²) in [6, 6.07) is 18.4. The predicted molar refractivity (Wildman–Crippen MR) is 120 cm³/mol. The van der Waals surface area contributed by atoms with E-state index in [2.05, 4.69) is 10.6 Å². The van der Waals surface area contributed by atoms with E-state index < -0.39 is 12.1 Å². The molecule has 2 atom stereocenters. The Hall–Kier alpha value is -3.00. The summed E-state index contributed by atoms with van der Waals surface area (Å²) in [5.41, 5.74) is 2.20. The van der Waals surface area contributed by atoms with Gasteiger partial charge in [-0.2, -0.15) is 11.8 Å². The molecule has 0 spiro atoms. The van der Waals surface area contributed by atoms with Crippen LogP contribution in [0.15, 0.2) is 60.7 Å². The standard InChI is InChI=1S/C23H26N4O3S/c28-21-20-14-26(23(30)24-13-17-7-3-1-4-8-17)11-12-27(20)22(29)19(25-21)16-31-15-18-9-5-2-6-10-18/h1-10,19-20H,11-16H2,(H,24,30)(H,25,28)/t19-,20+/m0/s1. The van der Waals surface area contributed by atoms with Gasteiger partial charge in [-0.1, -0.05) is 60.7 Å². The number of nitrogens with one attached hydrogen (secondary N) is 2. The zero-order chi connectivity index (χ0) is 21.6. The van der Waals surface area contributed by atoms with Crippen molar-refractivity contribution < 1.29 is 14.4 Å². The predicted octanol–water partition coefficient (Wildman–Crippen LogP) is 1.84. The molecule has 8 heteroatoms. The Balaban J connectivity index is 1.28. The summed E-state index contributed by atoms with van der Waals surface area (Å²) in [7, 11) is 0. The Morgan fingerprint density at radius 3 is 2.39 bits per heavy atom. The van der Waals surface area contributed by atoms with E-state index in [1.807, 2.05) is 60.7 Å². The minimum Gasteiger partial charge on any atom is -0.342 e. The van der Waals surface area contributed by atoms with Crippen LogP contribution in [0.1, 0.15) is 11.1 Å². The van der Waals surface area contributed by atoms with Gasteiger partial charge in [0.15, 0.2) is 0 Å². The van der Waals surface area contributed by atoms with Gasteiger partial charge in [-0.15, -0.1) is 0 Å². The number of nitrogens with zero attached hydrogens (tertiary/aromatic N) is 2. The lowest BCUT2D eigenvalue weighted by Crippen LogP contribution is -2.70. The number of urea groups is 1. The van der Waals surface area contributed by atoms with E-state index in [1.54, 1.807) is 21.6 Å². The summed E-state index contributed by atoms with van der Waals surface area (Å²) < 4.78 is 0. The largest absolute Gasteiger partial charge is 0.342 e. The highest BCUT2D eigenvalue weighted by atomic mass is 32.2. The van der Waals surface area contributed by atoms with Crippen molar-refractivity contribution >= 4 is 29.6 Å². The van der Waals surface area contributed by atoms with Crippen molar-refractivity contribution in [3.05, 3.63) is 71.8 Å². The van der Waals surface area contributed by atoms with E-state index in [0.717, 1.165) is 11.3 Å². The van der Waals surface area contributed by atoms with Crippen molar-refractivity contribution in [3.8, 4) is 0 Å². The second-order valence-corrected chi connectivity index (χ2v) is 8.73. The van der Waals surface area contributed by atoms with Crippen LogP contribution in [0.3, 0.4) is 0 Å². The molecule has 2 aliphatic rings. The van der Waals surface area contributed by atoms with Crippen LogP contribution in [0.4, 0.5) is 4.79 Å². The highest BCUT2D eigenvalue weighted by Gasteiger charge is 2.44. The van der Waals surface area contributed by atoms with Gasteiger partial charge in [-0.3, -0.25) is 9.59 Å². The molecule has 0 radical (unpaired) electrons. The van der Waals surface area contributed by atoms with Crippen LogP contribution in [0, 0.1) is 0 Å². The van der Waals surface area contributed by atoms with Crippen molar-refractivity contribution in [2.45, 2.75) is 24.4 Å². The number of carbonyl (C=O) groups excluding carboxylic acids is 3. The summed E-state index contributed by atoms with van der Waals surface area (Å²) in [5.74, 6) is 1.07. The van der Waals surface area contributed by atoms with Gasteiger partial charge in [-0.05, 0) is 11.1 Å². The van der Waals surface area contributed by atoms with Gasteiger partial charge in [-0.25, -0.2) is 4.79 Å². The van der Waals surface area contributed by atoms with E-state index in [9.17, 15) is 14.4 Å². The van der Waals surface area contributed by atoms with E-state index in [4.69, 9.17) is 0 Å². The van der Waals surface area contributed by atoms with Crippen molar-refractivity contribution in [1.82, 2.24) is 20.4 Å². The number of amides is 4. The molecule has 4 amide bonds. The van der Waals surface area contributed by atoms with Crippen LogP contribution >= 0.6 is 11.8 Å². The highest BCUT2D eigenvalue weighted by Crippen LogP contribution is 2.20. The Morgan fingerprint density at radius 2 is 1.68 bits per heavy atom. The van der Waals surface area contributed by atoms with E-state index in [-0.39, 0.29) is 24.4 Å². The average Bonchev–Trinajstić information content (AvgIpc) is 2.81. The minimum atomic E-state index is -0.626. The first-order chi connectivity index (χ1) is 15.1. The lowest BCUT2D eigenvalue weighted by atomic mass is 10.1. The fourth-order valence-electron chi connectivity index (χ4n) is 3.85. The Kier molecular flexibility index (Phi) is 6.76. The Bertz CT molecular complexity index is 925. The molecule has 2 fully saturated rings. The molecule has 31 heavy (non-hydrogen) atoms. The molecule has 0 bridgehead atoms. The van der Waals surface area contributed by atoms with Crippen molar-refractivity contribution in [2.75, 3.05) is 25.4 Å². The lowest BCUT2D eigenvalue weighted by Gasteiger charge is -2.45. The van der Waals surface area contributed by atoms with Crippen molar-refractivity contribution in [2.24, 2.45) is 0 Å². The average molecular weight is 439 g/mol. The molecule has 0 aromatic heterocycles. The number of hydrogen-bond acceptors (Lipinski definition) is 4. The van der Waals surface area contributed by atoms with Gasteiger partial charge in [0.25, 0.3) is 0 Å². The first-order valence-electron chi connectivity index (χ1n) is 10.4. The summed E-state index contributed by atoms with van der Waals surface area (Å²) in [6.45, 7) is 1.42. The molecule has 7 nitrogen and oxygen atoms in total. The summed E-state index contributed by atoms with van der Waals surface area (Å²) in [4.78, 5) is 41.4. The van der Waals surface area contributed by atoms with Crippen LogP contribution in [-0.2, 0) is 21.9 Å². The number of thioether (sulfide) groups is 1. The molecule has 2 aliphatic heterocycles. The Labute approximate surface area is 186 Å². The maximum Gasteiger partial charge on any atom is 0.317 e. The zero-order valence-electron chi connectivity index (χ0n) is 17.2. The molecule has 2 saturated heterocycles. The number of carbonyl (C=O) groups is 3. The molecular formula is C23H26N4O3S. The van der Waals surface area contributed by atoms with E-state index >= 15 is 0 Å². The van der Waals surface area contributed by atoms with Crippen molar-refractivity contribution in [1.29, 1.82) is 0 Å². The lowest BCUT2D eigenvalue weighted by molar-refractivity contribution is -0.151. The number of piperazine rings is 2. The fourth-order valence-corrected chi connectivity index (χ4v) is 4.86. The van der Waals surface area contributed by atoms with E-state index in [1.165, 1.54) is 5.56 Å². The summed E-state index contributed by atoms with van der Waals surface area (Å²) in [5, 5.41) is 5.75. The maximum atomic E-state index is 12.9. The quantitative estimate of drug-likeness (QED) is 0.721. The molecule has 162 valence electrons. The van der Waals surface area contributed by atoms with Crippen LogP contribution in [0.25, 0.3) is 0 Å². The third-order valence-corrected chi connectivity index (χ3v) is 6.66. The van der Waals surface area contributed by atoms with Gasteiger partial charge >= 0.3 is 6.03 Å². The van der Waals surface area contributed by atoms with Gasteiger partial charge in [0.2, 0.25) is 11.8 Å². The first kappa shape index (κ1) is 21.2. The molecular weight excluding hydrogens is 412 g/mol. The second-order valence-electron chi connectivity index (χ2n) is 7.70. The van der Waals surface area contributed by atoms with Crippen molar-refractivity contribution in [3.63, 3.8) is 0 Å². The molecule has 2 aromatic rings. The first-order valence-corrected chi connectivity index (χ1v) is 11.6. The third-order valence-electron chi connectivity index (χ3n) is 5.55. The van der Waals surface area contributed by atoms with E-state index in [0.29, 0.717) is 25.4 Å². The third kappa shape index (κ3) is 5.19. The maximum absolute atomic E-state index is 12.9. The van der Waals surface area contributed by atoms with Gasteiger partial charge < -0.3 is 20.4 Å². The SMILES string of the molecule is O=C1N[C@@H](CSCc2ccccc2)C(=O)N2CCN(C(=O)NCc3ccccc3)C[C@H]12. The molecule has 2 aromatic carbocycles. The second kappa shape index (κ2) is 9.87. The minimum absolute atomic E-state index is 0.0606. The number of rotatable bonds is 6. The highest BCUT2D eigenvalue weighted by molar-refractivity contribution is 7.98. The smallest absolute Gasteiger partial charge is 0.317 e. The molecule has 2 N–H and O–H groups in total. The van der Waals surface area contributed by atoms with Crippen LogP contribution in [-0.4, -0.2) is 65.1 Å². The Morgan fingerprint density at radius 1 is 1.00 bits per heavy atom. The molecule has 0 unspecified atom stereocenters. The van der Waals surface area contributed by atoms with Crippen LogP contribution in [0.2, 0.25) is 0 Å². The normalized spacial score (nSPS) is 20.8. The van der Waals surface area contributed by atoms with Gasteiger partial charge in [0.05, 0.1) is 6.54 Å². The monoisotopic (exact) mass is 438 g/mol. The van der Waals surface area contributed by atoms with Gasteiger partial charge in [0.1, 0.15) is 12.1 Å². The summed E-state index contributed by atoms with van der Waals surface area (Å²) in [6.07, 6.45) is 0. The number of benzene rings is 2. The molecule has 0 aliphatic carbocycles. The summed E-state index contributed by atoms with van der Waals surface area (Å²) >= 11 is 1.63. The fraction of sp³-hybridized carbons (Fsp3) is 0.348. The molecule has 0 saturated carbocycles.